The lowest BCUT2D eigenvalue weighted by Crippen LogP contribution is -2.46. The zero-order chi connectivity index (χ0) is 25.4. The van der Waals surface area contributed by atoms with E-state index in [2.05, 4.69) is 10.3 Å². The first-order valence-electron chi connectivity index (χ1n) is 11.3. The zero-order valence-corrected chi connectivity index (χ0v) is 21.3. The van der Waals surface area contributed by atoms with Crippen molar-refractivity contribution >= 4 is 28.5 Å². The van der Waals surface area contributed by atoms with Crippen molar-refractivity contribution in [2.75, 3.05) is 0 Å². The lowest BCUT2D eigenvalue weighted by atomic mass is 9.72. The highest BCUT2D eigenvalue weighted by Gasteiger charge is 2.53. The summed E-state index contributed by atoms with van der Waals surface area (Å²) in [6, 6.07) is 21.2. The Morgan fingerprint density at radius 2 is 1.37 bits per heavy atom. The van der Waals surface area contributed by atoms with Crippen LogP contribution in [0.2, 0.25) is 0 Å². The zero-order valence-electron chi connectivity index (χ0n) is 20.5. The van der Waals surface area contributed by atoms with Crippen LogP contribution < -0.4 is 15.7 Å². The van der Waals surface area contributed by atoms with Gasteiger partial charge in [-0.1, -0.05) is 54.6 Å². The predicted molar refractivity (Wildman–Crippen MR) is 137 cm³/mol. The van der Waals surface area contributed by atoms with Crippen LogP contribution >= 0.6 is 0 Å². The van der Waals surface area contributed by atoms with Crippen molar-refractivity contribution in [3.63, 3.8) is 0 Å². The summed E-state index contributed by atoms with van der Waals surface area (Å²) in [5, 5.41) is 0. The van der Waals surface area contributed by atoms with Crippen molar-refractivity contribution in [3.8, 4) is 11.1 Å². The molecule has 0 atom stereocenters. The molecule has 1 heterocycles. The average molecular weight is 492 g/mol. The van der Waals surface area contributed by atoms with Crippen LogP contribution in [0.15, 0.2) is 77.7 Å². The summed E-state index contributed by atoms with van der Waals surface area (Å²) in [7, 11) is -4.74. The standard InChI is InChI=1S/C26H29BN2O5S/c1-18-16-20(19-12-8-6-9-13-19)17-22(23(18)27-33-25(2,3)26(4,5)34-27)24(30)28-29-35(31,32)21-14-10-7-11-15-21/h6-17,29H,1-5H3,(H,28,30). The molecule has 0 spiro atoms. The Balaban J connectivity index is 1.73. The summed E-state index contributed by atoms with van der Waals surface area (Å²) in [5.74, 6) is -0.616. The lowest BCUT2D eigenvalue weighted by molar-refractivity contribution is 0.00578. The van der Waals surface area contributed by atoms with Crippen LogP contribution in [0.25, 0.3) is 11.1 Å². The van der Waals surface area contributed by atoms with Crippen molar-refractivity contribution in [1.29, 1.82) is 0 Å². The number of hydrogen-bond acceptors (Lipinski definition) is 5. The molecule has 3 aromatic carbocycles. The van der Waals surface area contributed by atoms with Crippen molar-refractivity contribution in [2.45, 2.75) is 50.7 Å². The van der Waals surface area contributed by atoms with Gasteiger partial charge in [-0.3, -0.25) is 10.2 Å². The fraction of sp³-hybridized carbons (Fsp3) is 0.269. The van der Waals surface area contributed by atoms with Crippen LogP contribution in [0.4, 0.5) is 0 Å². The minimum absolute atomic E-state index is 0.0423. The van der Waals surface area contributed by atoms with Crippen LogP contribution in [0.5, 0.6) is 0 Å². The summed E-state index contributed by atoms with van der Waals surface area (Å²) in [6.45, 7) is 9.64. The van der Waals surface area contributed by atoms with Gasteiger partial charge in [0.15, 0.2) is 0 Å². The molecule has 35 heavy (non-hydrogen) atoms. The van der Waals surface area contributed by atoms with Crippen LogP contribution in [0.1, 0.15) is 43.6 Å². The summed E-state index contributed by atoms with van der Waals surface area (Å²) in [4.78, 5) is 15.6. The molecule has 0 aliphatic carbocycles. The number of sulfonamides is 1. The number of nitrogens with one attached hydrogen (secondary N) is 2. The summed E-state index contributed by atoms with van der Waals surface area (Å²) < 4.78 is 37.8. The van der Waals surface area contributed by atoms with Gasteiger partial charge in [0.25, 0.3) is 15.9 Å². The van der Waals surface area contributed by atoms with E-state index in [1.54, 1.807) is 24.3 Å². The van der Waals surface area contributed by atoms with Crippen LogP contribution in [-0.4, -0.2) is 32.6 Å². The molecule has 1 aliphatic rings. The molecule has 1 amide bonds. The molecule has 3 aromatic rings. The molecule has 1 saturated heterocycles. The number of hydrogen-bond donors (Lipinski definition) is 2. The minimum Gasteiger partial charge on any atom is -0.399 e. The van der Waals surface area contributed by atoms with E-state index in [1.165, 1.54) is 12.1 Å². The maximum absolute atomic E-state index is 13.4. The maximum atomic E-state index is 13.4. The first-order valence-corrected chi connectivity index (χ1v) is 12.8. The maximum Gasteiger partial charge on any atom is 0.495 e. The third-order valence-corrected chi connectivity index (χ3v) is 7.84. The summed E-state index contributed by atoms with van der Waals surface area (Å²) in [5.41, 5.74) is 4.50. The second-order valence-electron chi connectivity index (χ2n) is 9.58. The predicted octanol–water partition coefficient (Wildman–Crippen LogP) is 3.58. The highest BCUT2D eigenvalue weighted by molar-refractivity contribution is 7.89. The van der Waals surface area contributed by atoms with Gasteiger partial charge in [-0.25, -0.2) is 8.42 Å². The average Bonchev–Trinajstić information content (AvgIpc) is 3.04. The van der Waals surface area contributed by atoms with Gasteiger partial charge < -0.3 is 9.31 Å². The first-order chi connectivity index (χ1) is 16.4. The first kappa shape index (κ1) is 25.1. The minimum atomic E-state index is -3.95. The molecule has 0 saturated carbocycles. The van der Waals surface area contributed by atoms with Gasteiger partial charge in [-0.05, 0) is 75.0 Å². The van der Waals surface area contributed by atoms with E-state index in [1.807, 2.05) is 71.0 Å². The van der Waals surface area contributed by atoms with Crippen molar-refractivity contribution < 1.29 is 22.5 Å². The molecular weight excluding hydrogens is 463 g/mol. The molecule has 0 unspecified atom stereocenters. The van der Waals surface area contributed by atoms with Gasteiger partial charge in [0.2, 0.25) is 0 Å². The Morgan fingerprint density at radius 1 is 0.829 bits per heavy atom. The van der Waals surface area contributed by atoms with Crippen molar-refractivity contribution in [2.24, 2.45) is 0 Å². The fourth-order valence-electron chi connectivity index (χ4n) is 3.90. The molecule has 7 nitrogen and oxygen atoms in total. The number of benzene rings is 3. The smallest absolute Gasteiger partial charge is 0.399 e. The number of hydrazine groups is 1. The van der Waals surface area contributed by atoms with Crippen LogP contribution in [0.3, 0.4) is 0 Å². The van der Waals surface area contributed by atoms with E-state index in [0.717, 1.165) is 16.7 Å². The highest BCUT2D eigenvalue weighted by Crippen LogP contribution is 2.37. The van der Waals surface area contributed by atoms with E-state index in [4.69, 9.17) is 9.31 Å². The SMILES string of the molecule is Cc1cc(-c2ccccc2)cc(C(=O)NNS(=O)(=O)c2ccccc2)c1B1OC(C)(C)C(C)(C)O1. The van der Waals surface area contributed by atoms with E-state index in [-0.39, 0.29) is 10.5 Å². The molecule has 0 bridgehead atoms. The Kier molecular flexibility index (Phi) is 6.63. The van der Waals surface area contributed by atoms with E-state index in [0.29, 0.717) is 5.46 Å². The topological polar surface area (TPSA) is 93.7 Å². The number of amides is 1. The van der Waals surface area contributed by atoms with Crippen LogP contribution in [-0.2, 0) is 19.3 Å². The Hall–Kier alpha value is -2.98. The molecule has 0 radical (unpaired) electrons. The van der Waals surface area contributed by atoms with Gasteiger partial charge in [-0.15, -0.1) is 4.83 Å². The lowest BCUT2D eigenvalue weighted by Gasteiger charge is -2.32. The Morgan fingerprint density at radius 3 is 1.94 bits per heavy atom. The largest absolute Gasteiger partial charge is 0.495 e. The third-order valence-electron chi connectivity index (χ3n) is 6.58. The van der Waals surface area contributed by atoms with E-state index >= 15 is 0 Å². The highest BCUT2D eigenvalue weighted by atomic mass is 32.2. The monoisotopic (exact) mass is 492 g/mol. The molecule has 1 aliphatic heterocycles. The molecular formula is C26H29BN2O5S. The van der Waals surface area contributed by atoms with Gasteiger partial charge in [0.05, 0.1) is 16.1 Å². The van der Waals surface area contributed by atoms with Gasteiger partial charge in [-0.2, -0.15) is 0 Å². The summed E-state index contributed by atoms with van der Waals surface area (Å²) >= 11 is 0. The second-order valence-corrected chi connectivity index (χ2v) is 11.3. The molecule has 0 aromatic heterocycles. The molecule has 4 rings (SSSR count). The van der Waals surface area contributed by atoms with Crippen LogP contribution in [0, 0.1) is 6.92 Å². The Labute approximate surface area is 207 Å². The fourth-order valence-corrected chi connectivity index (χ4v) is 4.76. The van der Waals surface area contributed by atoms with Gasteiger partial charge in [0.1, 0.15) is 0 Å². The second kappa shape index (κ2) is 9.24. The van der Waals surface area contributed by atoms with E-state index < -0.39 is 34.3 Å². The number of carbonyl (C=O) groups excluding carboxylic acids is 1. The Bertz CT molecular complexity index is 1330. The van der Waals surface area contributed by atoms with Crippen molar-refractivity contribution in [3.05, 3.63) is 83.9 Å². The van der Waals surface area contributed by atoms with E-state index in [9.17, 15) is 13.2 Å². The quantitative estimate of drug-likeness (QED) is 0.405. The molecule has 1 fully saturated rings. The third kappa shape index (κ3) is 5.04. The number of rotatable bonds is 6. The summed E-state index contributed by atoms with van der Waals surface area (Å²) in [6.07, 6.45) is 0. The number of aryl methyl sites for hydroxylation is 1. The molecule has 2 N–H and O–H groups in total. The van der Waals surface area contributed by atoms with Gasteiger partial charge >= 0.3 is 7.12 Å². The van der Waals surface area contributed by atoms with Gasteiger partial charge in [0, 0.05) is 5.56 Å². The number of carbonyl (C=O) groups is 1. The molecule has 182 valence electrons. The van der Waals surface area contributed by atoms with Crippen molar-refractivity contribution in [1.82, 2.24) is 10.3 Å². The normalized spacial score (nSPS) is 16.8. The molecule has 9 heteroatoms.